The van der Waals surface area contributed by atoms with Gasteiger partial charge in [-0.1, -0.05) is 6.07 Å². The predicted octanol–water partition coefficient (Wildman–Crippen LogP) is 4.20. The first-order valence-corrected chi connectivity index (χ1v) is 12.4. The number of aryl methyl sites for hydroxylation is 1. The minimum Gasteiger partial charge on any atom is -0.755 e. The summed E-state index contributed by atoms with van der Waals surface area (Å²) in [6.45, 7) is 3.62. The number of benzene rings is 1. The van der Waals surface area contributed by atoms with Crippen molar-refractivity contribution in [3.63, 3.8) is 0 Å². The number of anilines is 5. The molecule has 1 aliphatic carbocycles. The first-order chi connectivity index (χ1) is 17.3. The lowest BCUT2D eigenvalue weighted by molar-refractivity contribution is 0.0365. The highest BCUT2D eigenvalue weighted by atomic mass is 32.2. The molecule has 36 heavy (non-hydrogen) atoms. The molecule has 1 aromatic carbocycles. The summed E-state index contributed by atoms with van der Waals surface area (Å²) < 4.78 is 38.3. The topological polar surface area (TPSA) is 132 Å². The Labute approximate surface area is 210 Å². The molecule has 1 atom stereocenters. The number of hydrogen-bond acceptors (Lipinski definition) is 8. The van der Waals surface area contributed by atoms with Crippen LogP contribution in [0.2, 0.25) is 0 Å². The predicted molar refractivity (Wildman–Crippen MR) is 135 cm³/mol. The van der Waals surface area contributed by atoms with Gasteiger partial charge in [-0.2, -0.15) is 0 Å². The summed E-state index contributed by atoms with van der Waals surface area (Å²) in [7, 11) is 1.45. The van der Waals surface area contributed by atoms with Crippen LogP contribution in [0.15, 0.2) is 42.7 Å². The quantitative estimate of drug-likeness (QED) is 0.272. The second kappa shape index (κ2) is 11.0. The molecule has 2 heterocycles. The van der Waals surface area contributed by atoms with Crippen molar-refractivity contribution in [3.8, 4) is 0 Å². The van der Waals surface area contributed by atoms with E-state index in [4.69, 9.17) is 4.84 Å². The normalized spacial score (nSPS) is 13.7. The van der Waals surface area contributed by atoms with E-state index in [1.54, 1.807) is 26.0 Å². The number of nitrogens with zero attached hydrogens (tertiary/aromatic N) is 3. The smallest absolute Gasteiger partial charge is 0.278 e. The minimum atomic E-state index is -2.50. The van der Waals surface area contributed by atoms with Crippen molar-refractivity contribution in [2.75, 3.05) is 28.6 Å². The summed E-state index contributed by atoms with van der Waals surface area (Å²) in [5.41, 5.74) is 5.23. The summed E-state index contributed by atoms with van der Waals surface area (Å²) in [6.07, 6.45) is 4.58. The van der Waals surface area contributed by atoms with Crippen LogP contribution in [0.1, 0.15) is 47.2 Å². The lowest BCUT2D eigenvalue weighted by atomic mass is 10.1. The van der Waals surface area contributed by atoms with E-state index in [2.05, 4.69) is 26.1 Å². The summed E-state index contributed by atoms with van der Waals surface area (Å²) >= 11 is -2.50. The Morgan fingerprint density at radius 1 is 1.17 bits per heavy atom. The van der Waals surface area contributed by atoms with Gasteiger partial charge in [0, 0.05) is 30.6 Å². The number of aromatic nitrogens is 2. The summed E-state index contributed by atoms with van der Waals surface area (Å²) in [4.78, 5) is 26.1. The molecular formula is C24H26FN6O4S-. The Hall–Kier alpha value is -3.61. The van der Waals surface area contributed by atoms with E-state index in [1.165, 1.54) is 19.3 Å². The standard InChI is InChI=1S/C24H27FN6O4S/c1-4-35-30-24(32)17-12-26-23(29-22-9-14(2)18(25)13-27-22)11-20(17)28-19-8-7-16(15-5-6-15)10-21(19)31(3)36(33)34/h7-13,15H,4-6H2,1-3H3,(H,30,32)(H,33,34)(H2,26,27,28,29)/p-1. The number of hydroxylamine groups is 1. The Bertz CT molecular complexity index is 1300. The van der Waals surface area contributed by atoms with Crippen LogP contribution in [0, 0.1) is 12.7 Å². The molecule has 0 bridgehead atoms. The van der Waals surface area contributed by atoms with Gasteiger partial charge in [0.2, 0.25) is 0 Å². The molecule has 3 aromatic rings. The molecule has 4 rings (SSSR count). The van der Waals surface area contributed by atoms with Gasteiger partial charge in [-0.15, -0.1) is 0 Å². The molecule has 1 amide bonds. The fourth-order valence-corrected chi connectivity index (χ4v) is 3.86. The molecule has 0 radical (unpaired) electrons. The van der Waals surface area contributed by atoms with Crippen molar-refractivity contribution < 1.29 is 22.8 Å². The van der Waals surface area contributed by atoms with Crippen LogP contribution in [0.4, 0.5) is 33.1 Å². The van der Waals surface area contributed by atoms with Gasteiger partial charge in [0.05, 0.1) is 35.4 Å². The lowest BCUT2D eigenvalue weighted by Gasteiger charge is -2.25. The largest absolute Gasteiger partial charge is 0.755 e. The molecule has 1 unspecified atom stereocenters. The average Bonchev–Trinajstić information content (AvgIpc) is 3.70. The van der Waals surface area contributed by atoms with E-state index < -0.39 is 23.0 Å². The molecule has 10 nitrogen and oxygen atoms in total. The highest BCUT2D eigenvalue weighted by molar-refractivity contribution is 7.80. The molecule has 1 aliphatic rings. The number of carbonyl (C=O) groups excluding carboxylic acids is 1. The maximum atomic E-state index is 13.6. The highest BCUT2D eigenvalue weighted by Crippen LogP contribution is 2.43. The molecule has 0 spiro atoms. The van der Waals surface area contributed by atoms with E-state index in [0.717, 1.165) is 28.9 Å². The first kappa shape index (κ1) is 25.5. The zero-order valence-corrected chi connectivity index (χ0v) is 20.8. The van der Waals surface area contributed by atoms with E-state index in [-0.39, 0.29) is 12.2 Å². The number of amides is 1. The third-order valence-electron chi connectivity index (χ3n) is 5.66. The van der Waals surface area contributed by atoms with Gasteiger partial charge < -0.3 is 19.5 Å². The SMILES string of the molecule is CCONC(=O)c1cnc(Nc2cc(C)c(F)cn2)cc1Nc1ccc(C2CC2)cc1N(C)S(=O)[O-]. The number of hydrogen-bond donors (Lipinski definition) is 3. The molecule has 0 saturated heterocycles. The Morgan fingerprint density at radius 3 is 2.56 bits per heavy atom. The van der Waals surface area contributed by atoms with Crippen LogP contribution in [-0.4, -0.2) is 38.3 Å². The fraction of sp³-hybridized carbons (Fsp3) is 0.292. The average molecular weight is 514 g/mol. The van der Waals surface area contributed by atoms with E-state index in [0.29, 0.717) is 40.2 Å². The molecular weight excluding hydrogens is 487 g/mol. The fourth-order valence-electron chi connectivity index (χ4n) is 3.55. The van der Waals surface area contributed by atoms with Gasteiger partial charge in [0.25, 0.3) is 5.91 Å². The second-order valence-corrected chi connectivity index (χ2v) is 9.30. The maximum absolute atomic E-state index is 13.6. The maximum Gasteiger partial charge on any atom is 0.278 e. The van der Waals surface area contributed by atoms with Crippen molar-refractivity contribution in [2.24, 2.45) is 0 Å². The van der Waals surface area contributed by atoms with Gasteiger partial charge in [0.15, 0.2) is 0 Å². The molecule has 0 aliphatic heterocycles. The molecule has 12 heteroatoms. The monoisotopic (exact) mass is 513 g/mol. The van der Waals surface area contributed by atoms with Crippen LogP contribution in [-0.2, 0) is 16.1 Å². The van der Waals surface area contributed by atoms with Crippen LogP contribution in [0.25, 0.3) is 0 Å². The van der Waals surface area contributed by atoms with Crippen molar-refractivity contribution in [3.05, 3.63) is 65.2 Å². The van der Waals surface area contributed by atoms with Gasteiger partial charge >= 0.3 is 0 Å². The molecule has 3 N–H and O–H groups in total. The van der Waals surface area contributed by atoms with Gasteiger partial charge in [0.1, 0.15) is 17.5 Å². The summed E-state index contributed by atoms with van der Waals surface area (Å²) in [5, 5.41) is 6.17. The zero-order chi connectivity index (χ0) is 25.8. The van der Waals surface area contributed by atoms with Crippen molar-refractivity contribution in [1.29, 1.82) is 0 Å². The highest BCUT2D eigenvalue weighted by Gasteiger charge is 2.25. The summed E-state index contributed by atoms with van der Waals surface area (Å²) in [5.74, 6) is 0.157. The van der Waals surface area contributed by atoms with E-state index in [9.17, 15) is 17.9 Å². The third-order valence-corrected chi connectivity index (χ3v) is 6.31. The number of pyridine rings is 2. The second-order valence-electron chi connectivity index (χ2n) is 8.31. The molecule has 2 aromatic heterocycles. The van der Waals surface area contributed by atoms with Crippen molar-refractivity contribution in [1.82, 2.24) is 15.4 Å². The molecule has 1 saturated carbocycles. The Balaban J connectivity index is 1.72. The van der Waals surface area contributed by atoms with Crippen LogP contribution in [0.5, 0.6) is 0 Å². The zero-order valence-electron chi connectivity index (χ0n) is 20.0. The third kappa shape index (κ3) is 5.96. The minimum absolute atomic E-state index is 0.167. The van der Waals surface area contributed by atoms with Gasteiger partial charge in [-0.3, -0.25) is 13.8 Å². The first-order valence-electron chi connectivity index (χ1n) is 11.3. The Morgan fingerprint density at radius 2 is 1.89 bits per heavy atom. The summed E-state index contributed by atoms with van der Waals surface area (Å²) in [6, 6.07) is 8.67. The number of halogens is 1. The van der Waals surface area contributed by atoms with Crippen LogP contribution >= 0.6 is 0 Å². The number of nitrogens with one attached hydrogen (secondary N) is 3. The number of rotatable bonds is 10. The van der Waals surface area contributed by atoms with Crippen LogP contribution < -0.4 is 20.4 Å². The van der Waals surface area contributed by atoms with Crippen LogP contribution in [0.3, 0.4) is 0 Å². The van der Waals surface area contributed by atoms with E-state index >= 15 is 0 Å². The van der Waals surface area contributed by atoms with Crippen molar-refractivity contribution >= 4 is 45.9 Å². The van der Waals surface area contributed by atoms with Gasteiger partial charge in [-0.25, -0.2) is 19.8 Å². The van der Waals surface area contributed by atoms with E-state index in [1.807, 2.05) is 12.1 Å². The Kier molecular flexibility index (Phi) is 7.77. The number of carbonyl (C=O) groups is 1. The van der Waals surface area contributed by atoms with Gasteiger partial charge in [-0.05, 0) is 61.9 Å². The molecule has 190 valence electrons. The van der Waals surface area contributed by atoms with Crippen molar-refractivity contribution in [2.45, 2.75) is 32.6 Å². The molecule has 1 fully saturated rings. The lowest BCUT2D eigenvalue weighted by Crippen LogP contribution is -2.25.